The van der Waals surface area contributed by atoms with Crippen LogP contribution >= 0.6 is 30.1 Å². The van der Waals surface area contributed by atoms with Gasteiger partial charge in [-0.15, -0.1) is 11.8 Å². The Kier molecular flexibility index (Phi) is 10.1. The molecule has 1 N–H and O–H groups in total. The standard InChI is InChI=1S/C10H22N3O3PS3/c1-8(2)13(17(5,18)15-4)20-7-11-10(14)16-12-9(3)19-6/h8H,7H2,1-6H3,(H,11,14). The number of hydrogen-bond donors (Lipinski definition) is 1. The van der Waals surface area contributed by atoms with Gasteiger partial charge in [0.15, 0.2) is 0 Å². The fraction of sp³-hybridized carbons (Fsp3) is 0.800. The minimum Gasteiger partial charge on any atom is -0.341 e. The van der Waals surface area contributed by atoms with E-state index in [2.05, 4.69) is 15.3 Å². The molecule has 0 aliphatic rings. The summed E-state index contributed by atoms with van der Waals surface area (Å²) in [6.07, 6.45) is -0.759. The minimum absolute atomic E-state index is 0.213. The summed E-state index contributed by atoms with van der Waals surface area (Å²) in [5.74, 6) is 0.348. The Hall–Kier alpha value is 0.210. The number of carbonyl (C=O) groups is 1. The molecule has 0 aliphatic heterocycles. The summed E-state index contributed by atoms with van der Waals surface area (Å²) in [7, 11) is 1.61. The van der Waals surface area contributed by atoms with Crippen LogP contribution in [0.25, 0.3) is 0 Å². The zero-order valence-corrected chi connectivity index (χ0v) is 15.9. The minimum atomic E-state index is -2.03. The van der Waals surface area contributed by atoms with E-state index in [0.29, 0.717) is 10.9 Å². The first kappa shape index (κ1) is 20.2. The lowest BCUT2D eigenvalue weighted by Crippen LogP contribution is -2.28. The molecule has 0 saturated heterocycles. The maximum Gasteiger partial charge on any atom is 0.434 e. The second-order valence-electron chi connectivity index (χ2n) is 4.03. The highest BCUT2D eigenvalue weighted by molar-refractivity contribution is 8.17. The highest BCUT2D eigenvalue weighted by atomic mass is 32.5. The monoisotopic (exact) mass is 359 g/mol. The predicted octanol–water partition coefficient (Wildman–Crippen LogP) is 3.31. The van der Waals surface area contributed by atoms with Crippen LogP contribution in [-0.2, 0) is 21.2 Å². The third-order valence-electron chi connectivity index (χ3n) is 2.10. The average Bonchev–Trinajstić information content (AvgIpc) is 2.39. The van der Waals surface area contributed by atoms with Crippen LogP contribution < -0.4 is 5.32 Å². The summed E-state index contributed by atoms with van der Waals surface area (Å²) in [5.41, 5.74) is 0. The highest BCUT2D eigenvalue weighted by Gasteiger charge is 2.24. The van der Waals surface area contributed by atoms with E-state index in [1.807, 2.05) is 30.8 Å². The van der Waals surface area contributed by atoms with Crippen molar-refractivity contribution in [3.63, 3.8) is 0 Å². The summed E-state index contributed by atoms with van der Waals surface area (Å²) in [6.45, 7) is 7.72. The van der Waals surface area contributed by atoms with E-state index >= 15 is 0 Å². The van der Waals surface area contributed by atoms with Gasteiger partial charge in [0.25, 0.3) is 0 Å². The Morgan fingerprint density at radius 3 is 2.60 bits per heavy atom. The van der Waals surface area contributed by atoms with E-state index in [-0.39, 0.29) is 6.04 Å². The van der Waals surface area contributed by atoms with Gasteiger partial charge in [-0.05, 0) is 38.8 Å². The molecular formula is C10H22N3O3PS3. The molecule has 0 aliphatic carbocycles. The van der Waals surface area contributed by atoms with Crippen molar-refractivity contribution in [2.45, 2.75) is 26.8 Å². The molecule has 1 unspecified atom stereocenters. The quantitative estimate of drug-likeness (QED) is 0.142. The van der Waals surface area contributed by atoms with Crippen LogP contribution in [0.5, 0.6) is 0 Å². The third kappa shape index (κ3) is 7.85. The van der Waals surface area contributed by atoms with Gasteiger partial charge in [0.1, 0.15) is 11.5 Å². The largest absolute Gasteiger partial charge is 0.434 e. The molecule has 0 saturated carbocycles. The number of amides is 1. The van der Waals surface area contributed by atoms with Gasteiger partial charge in [0.05, 0.1) is 5.88 Å². The fourth-order valence-electron chi connectivity index (χ4n) is 1.09. The molecular weight excluding hydrogens is 337 g/mol. The van der Waals surface area contributed by atoms with Gasteiger partial charge in [0, 0.05) is 19.8 Å². The Labute approximate surface area is 134 Å². The average molecular weight is 359 g/mol. The van der Waals surface area contributed by atoms with Crippen LogP contribution in [0, 0.1) is 0 Å². The van der Waals surface area contributed by atoms with Crippen LogP contribution in [0.15, 0.2) is 5.16 Å². The summed E-state index contributed by atoms with van der Waals surface area (Å²) >= 11 is 8.28. The molecule has 0 aromatic rings. The number of nitrogens with zero attached hydrogens (tertiary/aromatic N) is 2. The van der Waals surface area contributed by atoms with E-state index in [9.17, 15) is 4.79 Å². The molecule has 0 heterocycles. The van der Waals surface area contributed by atoms with Gasteiger partial charge in [-0.1, -0.05) is 17.1 Å². The van der Waals surface area contributed by atoms with E-state index in [0.717, 1.165) is 0 Å². The third-order valence-corrected chi connectivity index (χ3v) is 8.15. The molecule has 0 spiro atoms. The van der Waals surface area contributed by atoms with E-state index in [1.54, 1.807) is 14.0 Å². The molecule has 1 atom stereocenters. The Bertz CT molecular complexity index is 393. The Morgan fingerprint density at radius 2 is 2.15 bits per heavy atom. The van der Waals surface area contributed by atoms with Crippen molar-refractivity contribution < 1.29 is 14.2 Å². The molecule has 0 bridgehead atoms. The summed E-state index contributed by atoms with van der Waals surface area (Å²) < 4.78 is 7.37. The fourth-order valence-corrected chi connectivity index (χ4v) is 5.01. The zero-order chi connectivity index (χ0) is 15.8. The van der Waals surface area contributed by atoms with Gasteiger partial charge >= 0.3 is 6.09 Å². The lowest BCUT2D eigenvalue weighted by molar-refractivity contribution is 0.153. The second kappa shape index (κ2) is 10.0. The molecule has 10 heteroatoms. The second-order valence-corrected chi connectivity index (χ2v) is 10.7. The van der Waals surface area contributed by atoms with Crippen molar-refractivity contribution in [1.29, 1.82) is 0 Å². The first-order valence-corrected chi connectivity index (χ1v) is 11.1. The SMILES string of the molecule is COP(C)(=S)N(SCNC(=O)ON=C(C)SC)C(C)C. The summed E-state index contributed by atoms with van der Waals surface area (Å²) in [6, 6.07) is 0.213. The molecule has 6 nitrogen and oxygen atoms in total. The van der Waals surface area contributed by atoms with Crippen molar-refractivity contribution in [3.05, 3.63) is 0 Å². The first-order valence-electron chi connectivity index (χ1n) is 5.84. The predicted molar refractivity (Wildman–Crippen MR) is 92.9 cm³/mol. The van der Waals surface area contributed by atoms with Gasteiger partial charge < -0.3 is 9.84 Å². The summed E-state index contributed by atoms with van der Waals surface area (Å²) in [4.78, 5) is 16.1. The van der Waals surface area contributed by atoms with E-state index < -0.39 is 12.5 Å². The van der Waals surface area contributed by atoms with Crippen molar-refractivity contribution in [2.24, 2.45) is 5.16 Å². The summed E-state index contributed by atoms with van der Waals surface area (Å²) in [5, 5.41) is 6.93. The van der Waals surface area contributed by atoms with Crippen molar-refractivity contribution in [2.75, 3.05) is 25.9 Å². The number of rotatable bonds is 7. The van der Waals surface area contributed by atoms with E-state index in [1.165, 1.54) is 23.7 Å². The number of oxime groups is 1. The number of nitrogens with one attached hydrogen (secondary N) is 1. The molecule has 20 heavy (non-hydrogen) atoms. The maximum absolute atomic E-state index is 11.4. The molecule has 0 rings (SSSR count). The molecule has 0 aromatic carbocycles. The van der Waals surface area contributed by atoms with Crippen molar-refractivity contribution in [3.8, 4) is 0 Å². The Balaban J connectivity index is 4.26. The van der Waals surface area contributed by atoms with Crippen molar-refractivity contribution in [1.82, 2.24) is 9.39 Å². The lowest BCUT2D eigenvalue weighted by atomic mass is 10.4. The van der Waals surface area contributed by atoms with E-state index in [4.69, 9.17) is 16.3 Å². The van der Waals surface area contributed by atoms with Crippen LogP contribution in [0.2, 0.25) is 0 Å². The number of carbonyl (C=O) groups excluding carboxylic acids is 1. The molecule has 1 amide bonds. The first-order chi connectivity index (χ1) is 9.24. The highest BCUT2D eigenvalue weighted by Crippen LogP contribution is 2.51. The molecule has 0 radical (unpaired) electrons. The van der Waals surface area contributed by atoms with Gasteiger partial charge in [-0.25, -0.2) is 4.79 Å². The zero-order valence-electron chi connectivity index (χ0n) is 12.6. The topological polar surface area (TPSA) is 63.2 Å². The molecule has 0 fully saturated rings. The van der Waals surface area contributed by atoms with Gasteiger partial charge in [-0.2, -0.15) is 4.08 Å². The molecule has 0 aromatic heterocycles. The number of thioether (sulfide) groups is 1. The van der Waals surface area contributed by atoms with Crippen molar-refractivity contribution >= 4 is 53.1 Å². The smallest absolute Gasteiger partial charge is 0.341 e. The van der Waals surface area contributed by atoms with Crippen LogP contribution in [-0.4, -0.2) is 47.2 Å². The van der Waals surface area contributed by atoms with Gasteiger partial charge in [-0.3, -0.25) is 4.84 Å². The normalized spacial score (nSPS) is 15.3. The lowest BCUT2D eigenvalue weighted by Gasteiger charge is -2.32. The Morgan fingerprint density at radius 1 is 1.55 bits per heavy atom. The number of hydrogen-bond acceptors (Lipinski definition) is 7. The van der Waals surface area contributed by atoms with Crippen LogP contribution in [0.4, 0.5) is 4.79 Å². The van der Waals surface area contributed by atoms with Gasteiger partial charge in [0.2, 0.25) is 0 Å². The molecule has 118 valence electrons. The van der Waals surface area contributed by atoms with Crippen LogP contribution in [0.3, 0.4) is 0 Å². The van der Waals surface area contributed by atoms with Crippen LogP contribution in [0.1, 0.15) is 20.8 Å². The maximum atomic E-state index is 11.4.